The lowest BCUT2D eigenvalue weighted by atomic mass is 9.98. The van der Waals surface area contributed by atoms with Gasteiger partial charge in [0.2, 0.25) is 0 Å². The van der Waals surface area contributed by atoms with Crippen LogP contribution in [0, 0.1) is 27.4 Å². The van der Waals surface area contributed by atoms with E-state index in [0.29, 0.717) is 6.42 Å². The number of nitro groups is 1. The van der Waals surface area contributed by atoms with E-state index < -0.39 is 16.9 Å². The van der Waals surface area contributed by atoms with Crippen LogP contribution in [-0.2, 0) is 4.79 Å². The summed E-state index contributed by atoms with van der Waals surface area (Å²) in [5, 5.41) is 31.6. The molecule has 0 aliphatic heterocycles. The lowest BCUT2D eigenvalue weighted by molar-refractivity contribution is -0.384. The zero-order valence-corrected chi connectivity index (χ0v) is 11.2. The summed E-state index contributed by atoms with van der Waals surface area (Å²) < 4.78 is 0. The summed E-state index contributed by atoms with van der Waals surface area (Å²) >= 11 is 0. The van der Waals surface area contributed by atoms with Crippen molar-refractivity contribution in [3.05, 3.63) is 33.9 Å². The van der Waals surface area contributed by atoms with Gasteiger partial charge in [-0.15, -0.1) is 0 Å². The van der Waals surface area contributed by atoms with E-state index in [1.807, 2.05) is 13.0 Å². The van der Waals surface area contributed by atoms with E-state index in [0.717, 1.165) is 6.07 Å². The van der Waals surface area contributed by atoms with Crippen LogP contribution in [0.15, 0.2) is 18.2 Å². The summed E-state index contributed by atoms with van der Waals surface area (Å²) in [4.78, 5) is 21.3. The predicted octanol–water partition coefficient (Wildman–Crippen LogP) is 2.38. The van der Waals surface area contributed by atoms with Gasteiger partial charge in [-0.3, -0.25) is 10.1 Å². The second-order valence-corrected chi connectivity index (χ2v) is 4.44. The number of nitrogens with zero attached hydrogens (tertiary/aromatic N) is 2. The number of hydrogen-bond acceptors (Lipinski definition) is 5. The highest BCUT2D eigenvalue weighted by Gasteiger charge is 2.24. The molecule has 0 aliphatic rings. The van der Waals surface area contributed by atoms with Gasteiger partial charge in [-0.2, -0.15) is 5.26 Å². The second-order valence-electron chi connectivity index (χ2n) is 4.44. The highest BCUT2D eigenvalue weighted by Crippen LogP contribution is 2.24. The molecule has 0 amide bonds. The number of aliphatic carboxylic acids is 1. The van der Waals surface area contributed by atoms with E-state index >= 15 is 0 Å². The Kier molecular flexibility index (Phi) is 5.03. The molecule has 1 aromatic rings. The van der Waals surface area contributed by atoms with Crippen LogP contribution in [0.5, 0.6) is 0 Å². The van der Waals surface area contributed by atoms with Crippen LogP contribution >= 0.6 is 0 Å². The summed E-state index contributed by atoms with van der Waals surface area (Å²) in [7, 11) is 0. The Morgan fingerprint density at radius 1 is 1.60 bits per heavy atom. The van der Waals surface area contributed by atoms with Crippen molar-refractivity contribution in [1.29, 1.82) is 5.26 Å². The number of nitrogens with one attached hydrogen (secondary N) is 1. The molecule has 0 fully saturated rings. The van der Waals surface area contributed by atoms with Crippen LogP contribution in [0.4, 0.5) is 11.4 Å². The number of non-ortho nitro benzene ring substituents is 1. The van der Waals surface area contributed by atoms with Crippen LogP contribution in [0.2, 0.25) is 0 Å². The molecule has 0 spiro atoms. The predicted molar refractivity (Wildman–Crippen MR) is 72.3 cm³/mol. The molecular formula is C13H15N3O4. The minimum Gasteiger partial charge on any atom is -0.480 e. The van der Waals surface area contributed by atoms with Crippen molar-refractivity contribution in [3.63, 3.8) is 0 Å². The van der Waals surface area contributed by atoms with Crippen LogP contribution in [0.1, 0.15) is 25.8 Å². The van der Waals surface area contributed by atoms with E-state index in [2.05, 4.69) is 5.32 Å². The van der Waals surface area contributed by atoms with Crippen LogP contribution < -0.4 is 5.32 Å². The fraction of sp³-hybridized carbons (Fsp3) is 0.385. The monoisotopic (exact) mass is 277 g/mol. The largest absolute Gasteiger partial charge is 0.480 e. The van der Waals surface area contributed by atoms with Crippen molar-refractivity contribution >= 4 is 17.3 Å². The van der Waals surface area contributed by atoms with Gasteiger partial charge < -0.3 is 10.4 Å². The first-order valence-electron chi connectivity index (χ1n) is 6.08. The van der Waals surface area contributed by atoms with Crippen molar-refractivity contribution in [1.82, 2.24) is 0 Å². The number of rotatable bonds is 6. The summed E-state index contributed by atoms with van der Waals surface area (Å²) in [6, 6.07) is 4.69. The lowest BCUT2D eigenvalue weighted by Gasteiger charge is -2.21. The minimum atomic E-state index is -1.03. The van der Waals surface area contributed by atoms with Crippen molar-refractivity contribution in [2.45, 2.75) is 26.3 Å². The quantitative estimate of drug-likeness (QED) is 0.609. The van der Waals surface area contributed by atoms with Crippen molar-refractivity contribution in [2.24, 2.45) is 5.92 Å². The number of nitriles is 1. The molecule has 0 saturated carbocycles. The van der Waals surface area contributed by atoms with Crippen LogP contribution in [0.3, 0.4) is 0 Å². The topological polar surface area (TPSA) is 116 Å². The molecule has 0 radical (unpaired) electrons. The van der Waals surface area contributed by atoms with Gasteiger partial charge in [-0.05, 0) is 12.0 Å². The van der Waals surface area contributed by atoms with Gasteiger partial charge in [0.15, 0.2) is 0 Å². The molecule has 0 bridgehead atoms. The smallest absolute Gasteiger partial charge is 0.326 e. The first-order valence-corrected chi connectivity index (χ1v) is 6.08. The molecule has 1 unspecified atom stereocenters. The molecule has 0 aromatic heterocycles. The Morgan fingerprint density at radius 3 is 2.70 bits per heavy atom. The number of nitro benzene ring substituents is 1. The molecule has 1 aromatic carbocycles. The highest BCUT2D eigenvalue weighted by atomic mass is 16.6. The average Bonchev–Trinajstić information content (AvgIpc) is 2.43. The third-order valence-corrected chi connectivity index (χ3v) is 3.12. The minimum absolute atomic E-state index is 0.0498. The van der Waals surface area contributed by atoms with Crippen molar-refractivity contribution in [2.75, 3.05) is 5.32 Å². The maximum Gasteiger partial charge on any atom is 0.326 e. The Morgan fingerprint density at radius 2 is 2.25 bits per heavy atom. The second kappa shape index (κ2) is 6.52. The van der Waals surface area contributed by atoms with Gasteiger partial charge in [-0.25, -0.2) is 4.79 Å². The summed E-state index contributed by atoms with van der Waals surface area (Å²) in [6.45, 7) is 3.65. The third-order valence-electron chi connectivity index (χ3n) is 3.12. The van der Waals surface area contributed by atoms with E-state index in [-0.39, 0.29) is 22.9 Å². The Labute approximate surface area is 116 Å². The van der Waals surface area contributed by atoms with Crippen molar-refractivity contribution in [3.8, 4) is 6.07 Å². The number of carbonyl (C=O) groups is 1. The van der Waals surface area contributed by atoms with Gasteiger partial charge in [0.05, 0.1) is 16.2 Å². The Hall–Kier alpha value is -2.62. The van der Waals surface area contributed by atoms with E-state index in [1.54, 1.807) is 6.92 Å². The first-order chi connectivity index (χ1) is 9.40. The Balaban J connectivity index is 3.11. The average molecular weight is 277 g/mol. The van der Waals surface area contributed by atoms with Crippen molar-refractivity contribution < 1.29 is 14.8 Å². The maximum absolute atomic E-state index is 11.2. The molecule has 7 nitrogen and oxygen atoms in total. The molecule has 20 heavy (non-hydrogen) atoms. The normalized spacial score (nSPS) is 13.1. The van der Waals surface area contributed by atoms with Gasteiger partial charge in [0.25, 0.3) is 5.69 Å². The Bertz CT molecular complexity index is 565. The molecule has 2 N–H and O–H groups in total. The van der Waals surface area contributed by atoms with Crippen LogP contribution in [0.25, 0.3) is 0 Å². The maximum atomic E-state index is 11.2. The molecule has 1 rings (SSSR count). The summed E-state index contributed by atoms with van der Waals surface area (Å²) in [5.74, 6) is -1.17. The van der Waals surface area contributed by atoms with Gasteiger partial charge in [0, 0.05) is 12.1 Å². The molecular weight excluding hydrogens is 262 g/mol. The molecule has 2 atom stereocenters. The molecule has 0 saturated heterocycles. The number of carboxylic acid groups (broad SMARTS) is 1. The zero-order chi connectivity index (χ0) is 15.3. The standard InChI is InChI=1S/C13H15N3O4/c1-3-8(2)12(13(17)18)15-11-5-4-10(16(19)20)6-9(11)7-14/h4-6,8,12,15H,3H2,1-2H3,(H,17,18)/t8?,12-/m0/s1. The van der Waals surface area contributed by atoms with Gasteiger partial charge >= 0.3 is 5.97 Å². The zero-order valence-electron chi connectivity index (χ0n) is 11.2. The lowest BCUT2D eigenvalue weighted by Crippen LogP contribution is -2.35. The number of anilines is 1. The number of benzene rings is 1. The van der Waals surface area contributed by atoms with Gasteiger partial charge in [-0.1, -0.05) is 20.3 Å². The molecule has 0 aliphatic carbocycles. The van der Waals surface area contributed by atoms with Crippen LogP contribution in [-0.4, -0.2) is 22.0 Å². The SMILES string of the molecule is CCC(C)[C@H](Nc1ccc([N+](=O)[O-])cc1C#N)C(=O)O. The van der Waals surface area contributed by atoms with E-state index in [4.69, 9.17) is 5.26 Å². The fourth-order valence-corrected chi connectivity index (χ4v) is 1.71. The van der Waals surface area contributed by atoms with E-state index in [1.165, 1.54) is 12.1 Å². The fourth-order valence-electron chi connectivity index (χ4n) is 1.71. The molecule has 7 heteroatoms. The summed E-state index contributed by atoms with van der Waals surface area (Å²) in [6.07, 6.45) is 0.652. The summed E-state index contributed by atoms with van der Waals surface area (Å²) in [5.41, 5.74) is 0.127. The van der Waals surface area contributed by atoms with E-state index in [9.17, 15) is 20.0 Å². The third kappa shape index (κ3) is 3.45. The first kappa shape index (κ1) is 15.4. The van der Waals surface area contributed by atoms with Gasteiger partial charge in [0.1, 0.15) is 12.1 Å². The highest BCUT2D eigenvalue weighted by molar-refractivity contribution is 5.79. The number of hydrogen-bond donors (Lipinski definition) is 2. The molecule has 0 heterocycles. The molecule has 106 valence electrons. The number of carboxylic acids is 1.